The van der Waals surface area contributed by atoms with Gasteiger partial charge in [0.2, 0.25) is 0 Å². The SMILES string of the molecule is CCC1C(C)=CC(C(C)C)CC1C. The second-order valence-electron chi connectivity index (χ2n) is 5.05. The second-order valence-corrected chi connectivity index (χ2v) is 5.05. The molecule has 76 valence electrons. The molecule has 0 nitrogen and oxygen atoms in total. The van der Waals surface area contributed by atoms with Gasteiger partial charge in [-0.2, -0.15) is 0 Å². The molecule has 1 aliphatic carbocycles. The van der Waals surface area contributed by atoms with E-state index < -0.39 is 0 Å². The lowest BCUT2D eigenvalue weighted by Crippen LogP contribution is -2.23. The third kappa shape index (κ3) is 2.36. The fourth-order valence-electron chi connectivity index (χ4n) is 2.76. The molecule has 0 heterocycles. The van der Waals surface area contributed by atoms with E-state index in [4.69, 9.17) is 0 Å². The average Bonchev–Trinajstić information content (AvgIpc) is 2.03. The van der Waals surface area contributed by atoms with Crippen LogP contribution in [0.25, 0.3) is 0 Å². The summed E-state index contributed by atoms with van der Waals surface area (Å²) in [5.41, 5.74) is 1.64. The molecule has 0 aliphatic heterocycles. The van der Waals surface area contributed by atoms with Crippen molar-refractivity contribution in [1.82, 2.24) is 0 Å². The van der Waals surface area contributed by atoms with Crippen molar-refractivity contribution < 1.29 is 0 Å². The van der Waals surface area contributed by atoms with Crippen molar-refractivity contribution in [2.24, 2.45) is 23.7 Å². The van der Waals surface area contributed by atoms with Gasteiger partial charge in [0.25, 0.3) is 0 Å². The van der Waals surface area contributed by atoms with Gasteiger partial charge in [0.1, 0.15) is 0 Å². The Kier molecular flexibility index (Phi) is 3.58. The highest BCUT2D eigenvalue weighted by Gasteiger charge is 2.26. The summed E-state index contributed by atoms with van der Waals surface area (Å²) >= 11 is 0. The molecule has 13 heavy (non-hydrogen) atoms. The molecule has 0 aromatic rings. The first-order valence-electron chi connectivity index (χ1n) is 5.74. The fraction of sp³-hybridized carbons (Fsp3) is 0.846. The van der Waals surface area contributed by atoms with E-state index >= 15 is 0 Å². The van der Waals surface area contributed by atoms with E-state index in [0.29, 0.717) is 0 Å². The summed E-state index contributed by atoms with van der Waals surface area (Å²) in [7, 11) is 0. The minimum Gasteiger partial charge on any atom is -0.0819 e. The molecular formula is C13H24. The zero-order valence-electron chi connectivity index (χ0n) is 9.80. The summed E-state index contributed by atoms with van der Waals surface area (Å²) in [6, 6.07) is 0. The Labute approximate surface area is 83.4 Å². The van der Waals surface area contributed by atoms with Gasteiger partial charge in [-0.15, -0.1) is 0 Å². The van der Waals surface area contributed by atoms with Gasteiger partial charge in [0.15, 0.2) is 0 Å². The average molecular weight is 180 g/mol. The highest BCUT2D eigenvalue weighted by atomic mass is 14.3. The van der Waals surface area contributed by atoms with Gasteiger partial charge in [-0.05, 0) is 43.4 Å². The predicted octanol–water partition coefficient (Wildman–Crippen LogP) is 4.27. The number of hydrogen-bond donors (Lipinski definition) is 0. The first-order valence-corrected chi connectivity index (χ1v) is 5.74. The summed E-state index contributed by atoms with van der Waals surface area (Å²) in [6.45, 7) is 11.7. The summed E-state index contributed by atoms with van der Waals surface area (Å²) in [5.74, 6) is 3.39. The Morgan fingerprint density at radius 2 is 2.08 bits per heavy atom. The summed E-state index contributed by atoms with van der Waals surface area (Å²) in [5, 5.41) is 0. The van der Waals surface area contributed by atoms with E-state index in [-0.39, 0.29) is 0 Å². The molecule has 0 spiro atoms. The van der Waals surface area contributed by atoms with Crippen LogP contribution in [0.3, 0.4) is 0 Å². The molecule has 3 unspecified atom stereocenters. The molecule has 0 heteroatoms. The largest absolute Gasteiger partial charge is 0.0819 e. The molecule has 3 atom stereocenters. The van der Waals surface area contributed by atoms with Crippen molar-refractivity contribution in [3.05, 3.63) is 11.6 Å². The molecule has 0 fully saturated rings. The van der Waals surface area contributed by atoms with Crippen LogP contribution in [0, 0.1) is 23.7 Å². The predicted molar refractivity (Wildman–Crippen MR) is 59.6 cm³/mol. The molecule has 0 bridgehead atoms. The van der Waals surface area contributed by atoms with Crippen molar-refractivity contribution in [3.63, 3.8) is 0 Å². The Bertz CT molecular complexity index is 188. The third-order valence-corrected chi connectivity index (χ3v) is 3.69. The normalized spacial score (nSPS) is 34.9. The van der Waals surface area contributed by atoms with Gasteiger partial charge in [-0.3, -0.25) is 0 Å². The molecule has 0 aromatic carbocycles. The topological polar surface area (TPSA) is 0 Å². The molecular weight excluding hydrogens is 156 g/mol. The summed E-state index contributed by atoms with van der Waals surface area (Å²) in [4.78, 5) is 0. The number of rotatable bonds is 2. The van der Waals surface area contributed by atoms with Crippen molar-refractivity contribution >= 4 is 0 Å². The van der Waals surface area contributed by atoms with Gasteiger partial charge in [0.05, 0.1) is 0 Å². The van der Waals surface area contributed by atoms with E-state index in [0.717, 1.165) is 23.7 Å². The zero-order valence-corrected chi connectivity index (χ0v) is 9.80. The maximum absolute atomic E-state index is 2.53. The Morgan fingerprint density at radius 1 is 1.46 bits per heavy atom. The quantitative estimate of drug-likeness (QED) is 0.557. The monoisotopic (exact) mass is 180 g/mol. The summed E-state index contributed by atoms with van der Waals surface area (Å²) in [6.07, 6.45) is 5.24. The van der Waals surface area contributed by atoms with Crippen molar-refractivity contribution in [2.75, 3.05) is 0 Å². The van der Waals surface area contributed by atoms with E-state index in [9.17, 15) is 0 Å². The Morgan fingerprint density at radius 3 is 2.46 bits per heavy atom. The standard InChI is InChI=1S/C13H24/c1-6-13-10(4)7-12(9(2)3)8-11(13)5/h7,9,11-13H,6,8H2,1-5H3. The van der Waals surface area contributed by atoms with Gasteiger partial charge < -0.3 is 0 Å². The molecule has 0 amide bonds. The van der Waals surface area contributed by atoms with Crippen LogP contribution in [0.5, 0.6) is 0 Å². The number of hydrogen-bond acceptors (Lipinski definition) is 0. The van der Waals surface area contributed by atoms with Gasteiger partial charge >= 0.3 is 0 Å². The highest BCUT2D eigenvalue weighted by molar-refractivity contribution is 5.11. The third-order valence-electron chi connectivity index (χ3n) is 3.69. The molecule has 0 aromatic heterocycles. The lowest BCUT2D eigenvalue weighted by atomic mass is 9.71. The van der Waals surface area contributed by atoms with E-state index in [1.807, 2.05) is 0 Å². The molecule has 0 N–H and O–H groups in total. The van der Waals surface area contributed by atoms with Crippen LogP contribution in [0.4, 0.5) is 0 Å². The van der Waals surface area contributed by atoms with E-state index in [1.54, 1.807) is 5.57 Å². The lowest BCUT2D eigenvalue weighted by Gasteiger charge is -2.34. The second kappa shape index (κ2) is 4.30. The first-order chi connectivity index (χ1) is 6.06. The molecule has 1 rings (SSSR count). The summed E-state index contributed by atoms with van der Waals surface area (Å²) < 4.78 is 0. The fourth-order valence-corrected chi connectivity index (χ4v) is 2.76. The molecule has 1 aliphatic rings. The number of allylic oxidation sites excluding steroid dienone is 2. The first kappa shape index (κ1) is 10.8. The van der Waals surface area contributed by atoms with Gasteiger partial charge in [-0.25, -0.2) is 0 Å². The Hall–Kier alpha value is -0.260. The molecule has 0 saturated heterocycles. The van der Waals surface area contributed by atoms with Crippen LogP contribution in [-0.4, -0.2) is 0 Å². The van der Waals surface area contributed by atoms with Crippen LogP contribution in [-0.2, 0) is 0 Å². The van der Waals surface area contributed by atoms with E-state index in [2.05, 4.69) is 40.7 Å². The highest BCUT2D eigenvalue weighted by Crippen LogP contribution is 2.37. The smallest absolute Gasteiger partial charge is 0.0183 e. The van der Waals surface area contributed by atoms with Crippen LogP contribution in [0.2, 0.25) is 0 Å². The molecule has 0 radical (unpaired) electrons. The lowest BCUT2D eigenvalue weighted by molar-refractivity contribution is 0.272. The van der Waals surface area contributed by atoms with Gasteiger partial charge in [0, 0.05) is 0 Å². The maximum Gasteiger partial charge on any atom is -0.0183 e. The minimum atomic E-state index is 0.815. The van der Waals surface area contributed by atoms with Crippen LogP contribution in [0.1, 0.15) is 47.5 Å². The zero-order chi connectivity index (χ0) is 10.0. The van der Waals surface area contributed by atoms with Crippen molar-refractivity contribution in [2.45, 2.75) is 47.5 Å². The minimum absolute atomic E-state index is 0.815. The van der Waals surface area contributed by atoms with Gasteiger partial charge in [-0.1, -0.05) is 39.3 Å². The van der Waals surface area contributed by atoms with E-state index in [1.165, 1.54) is 12.8 Å². The van der Waals surface area contributed by atoms with Crippen molar-refractivity contribution in [1.29, 1.82) is 0 Å². The van der Waals surface area contributed by atoms with Crippen LogP contribution < -0.4 is 0 Å². The van der Waals surface area contributed by atoms with Crippen LogP contribution >= 0.6 is 0 Å². The maximum atomic E-state index is 2.53. The molecule has 0 saturated carbocycles. The van der Waals surface area contributed by atoms with Crippen LogP contribution in [0.15, 0.2) is 11.6 Å². The Balaban J connectivity index is 2.75. The van der Waals surface area contributed by atoms with Crippen molar-refractivity contribution in [3.8, 4) is 0 Å².